The highest BCUT2D eigenvalue weighted by Gasteiger charge is 2.12. The molecule has 1 fully saturated rings. The Balaban J connectivity index is 1.97. The summed E-state index contributed by atoms with van der Waals surface area (Å²) in [6, 6.07) is 5.10. The van der Waals surface area contributed by atoms with Crippen LogP contribution < -0.4 is 5.73 Å². The molecule has 0 radical (unpaired) electrons. The lowest BCUT2D eigenvalue weighted by Gasteiger charge is -2.20. The molecule has 0 atom stereocenters. The summed E-state index contributed by atoms with van der Waals surface area (Å²) in [5.41, 5.74) is 6.70. The molecule has 0 unspecified atom stereocenters. The van der Waals surface area contributed by atoms with Crippen LogP contribution in [-0.2, 0) is 6.54 Å². The zero-order valence-corrected chi connectivity index (χ0v) is 10.3. The zero-order valence-electron chi connectivity index (χ0n) is 10.3. The Hall–Kier alpha value is -1.13. The van der Waals surface area contributed by atoms with E-state index in [0.717, 1.165) is 38.3 Å². The van der Waals surface area contributed by atoms with Gasteiger partial charge in [-0.2, -0.15) is 0 Å². The van der Waals surface area contributed by atoms with Crippen molar-refractivity contribution in [2.45, 2.75) is 13.0 Å². The molecule has 1 aromatic rings. The number of hydrogen-bond donors (Lipinski definition) is 1. The van der Waals surface area contributed by atoms with Crippen LogP contribution in [0.1, 0.15) is 12.0 Å². The van der Waals surface area contributed by atoms with E-state index in [2.05, 4.69) is 16.8 Å². The number of halogens is 1. The summed E-state index contributed by atoms with van der Waals surface area (Å²) in [4.78, 5) is 4.71. The molecule has 3 nitrogen and oxygen atoms in total. The van der Waals surface area contributed by atoms with Gasteiger partial charge in [-0.1, -0.05) is 6.07 Å². The largest absolute Gasteiger partial charge is 0.396 e. The first-order valence-corrected chi connectivity index (χ1v) is 6.10. The minimum Gasteiger partial charge on any atom is -0.396 e. The van der Waals surface area contributed by atoms with E-state index >= 15 is 0 Å². The first-order valence-electron chi connectivity index (χ1n) is 6.10. The quantitative estimate of drug-likeness (QED) is 0.792. The van der Waals surface area contributed by atoms with E-state index < -0.39 is 0 Å². The van der Waals surface area contributed by atoms with Crippen molar-refractivity contribution >= 4 is 5.69 Å². The monoisotopic (exact) mass is 237 g/mol. The first-order chi connectivity index (χ1) is 8.15. The second kappa shape index (κ2) is 5.47. The summed E-state index contributed by atoms with van der Waals surface area (Å²) in [5.74, 6) is -0.311. The third kappa shape index (κ3) is 3.41. The van der Waals surface area contributed by atoms with Crippen LogP contribution in [0.15, 0.2) is 18.2 Å². The van der Waals surface area contributed by atoms with E-state index in [9.17, 15) is 4.39 Å². The molecule has 2 rings (SSSR count). The number of rotatable bonds is 2. The highest BCUT2D eigenvalue weighted by atomic mass is 19.1. The van der Waals surface area contributed by atoms with Crippen LogP contribution >= 0.6 is 0 Å². The summed E-state index contributed by atoms with van der Waals surface area (Å²) in [7, 11) is 2.15. The van der Waals surface area contributed by atoms with E-state index in [1.165, 1.54) is 6.42 Å². The van der Waals surface area contributed by atoms with Gasteiger partial charge >= 0.3 is 0 Å². The minimum absolute atomic E-state index is 0.226. The fraction of sp³-hybridized carbons (Fsp3) is 0.538. The highest BCUT2D eigenvalue weighted by Crippen LogP contribution is 2.14. The Kier molecular flexibility index (Phi) is 3.97. The maximum absolute atomic E-state index is 13.3. The normalized spacial score (nSPS) is 19.2. The van der Waals surface area contributed by atoms with Crippen molar-refractivity contribution < 1.29 is 4.39 Å². The standard InChI is InChI=1S/C13H20FN3/c1-16-5-2-6-17(8-7-16)10-11-3-4-13(15)12(14)9-11/h3-4,9H,2,5-8,10,15H2,1H3. The predicted molar refractivity (Wildman–Crippen MR) is 68.2 cm³/mol. The molecule has 0 aliphatic carbocycles. The maximum atomic E-state index is 13.3. The Morgan fingerprint density at radius 3 is 2.82 bits per heavy atom. The van der Waals surface area contributed by atoms with Gasteiger partial charge in [-0.3, -0.25) is 4.90 Å². The maximum Gasteiger partial charge on any atom is 0.146 e. The van der Waals surface area contributed by atoms with E-state index in [1.54, 1.807) is 12.1 Å². The Labute approximate surface area is 102 Å². The lowest BCUT2D eigenvalue weighted by Crippen LogP contribution is -2.28. The van der Waals surface area contributed by atoms with Crippen molar-refractivity contribution in [3.05, 3.63) is 29.6 Å². The van der Waals surface area contributed by atoms with Crippen molar-refractivity contribution in [1.82, 2.24) is 9.80 Å². The molecule has 0 aromatic heterocycles. The number of likely N-dealkylation sites (N-methyl/N-ethyl adjacent to an activating group) is 1. The molecule has 1 aromatic carbocycles. The van der Waals surface area contributed by atoms with Gasteiger partial charge in [0.2, 0.25) is 0 Å². The van der Waals surface area contributed by atoms with Crippen molar-refractivity contribution in [1.29, 1.82) is 0 Å². The minimum atomic E-state index is -0.311. The number of nitrogens with zero attached hydrogens (tertiary/aromatic N) is 2. The van der Waals surface area contributed by atoms with Crippen LogP contribution in [0.4, 0.5) is 10.1 Å². The molecule has 0 amide bonds. The number of benzene rings is 1. The van der Waals surface area contributed by atoms with E-state index in [0.29, 0.717) is 0 Å². The third-order valence-electron chi connectivity index (χ3n) is 3.28. The first kappa shape index (κ1) is 12.3. The molecule has 94 valence electrons. The molecule has 0 spiro atoms. The van der Waals surface area contributed by atoms with Gasteiger partial charge in [0.1, 0.15) is 5.82 Å². The van der Waals surface area contributed by atoms with Crippen LogP contribution in [0.5, 0.6) is 0 Å². The number of nitrogen functional groups attached to an aromatic ring is 1. The van der Waals surface area contributed by atoms with Crippen molar-refractivity contribution in [3.63, 3.8) is 0 Å². The van der Waals surface area contributed by atoms with Crippen molar-refractivity contribution in [3.8, 4) is 0 Å². The highest BCUT2D eigenvalue weighted by molar-refractivity contribution is 5.41. The molecule has 1 heterocycles. The zero-order chi connectivity index (χ0) is 12.3. The molecular formula is C13H20FN3. The Morgan fingerprint density at radius 2 is 2.06 bits per heavy atom. The number of anilines is 1. The van der Waals surface area contributed by atoms with Gasteiger partial charge in [-0.15, -0.1) is 0 Å². The van der Waals surface area contributed by atoms with Crippen LogP contribution in [0.3, 0.4) is 0 Å². The van der Waals surface area contributed by atoms with Gasteiger partial charge in [0.05, 0.1) is 5.69 Å². The van der Waals surface area contributed by atoms with Gasteiger partial charge in [0.15, 0.2) is 0 Å². The molecular weight excluding hydrogens is 217 g/mol. The average Bonchev–Trinajstić information content (AvgIpc) is 2.49. The SMILES string of the molecule is CN1CCCN(Cc2ccc(N)c(F)c2)CC1. The molecule has 4 heteroatoms. The molecule has 0 bridgehead atoms. The lowest BCUT2D eigenvalue weighted by molar-refractivity contribution is 0.269. The summed E-state index contributed by atoms with van der Waals surface area (Å²) < 4.78 is 13.3. The van der Waals surface area contributed by atoms with Crippen LogP contribution in [0, 0.1) is 5.82 Å². The Morgan fingerprint density at radius 1 is 1.24 bits per heavy atom. The summed E-state index contributed by atoms with van der Waals surface area (Å²) in [6.45, 7) is 5.16. The summed E-state index contributed by atoms with van der Waals surface area (Å²) in [5, 5.41) is 0. The third-order valence-corrected chi connectivity index (χ3v) is 3.28. The van der Waals surface area contributed by atoms with Gasteiger partial charge in [0, 0.05) is 19.6 Å². The number of nitrogens with two attached hydrogens (primary N) is 1. The molecule has 2 N–H and O–H groups in total. The fourth-order valence-corrected chi connectivity index (χ4v) is 2.19. The van der Waals surface area contributed by atoms with Gasteiger partial charge in [0.25, 0.3) is 0 Å². The smallest absolute Gasteiger partial charge is 0.146 e. The second-order valence-electron chi connectivity index (χ2n) is 4.79. The summed E-state index contributed by atoms with van der Waals surface area (Å²) >= 11 is 0. The molecule has 1 aliphatic rings. The second-order valence-corrected chi connectivity index (χ2v) is 4.79. The fourth-order valence-electron chi connectivity index (χ4n) is 2.19. The predicted octanol–water partition coefficient (Wildman–Crippen LogP) is 1.55. The van der Waals surface area contributed by atoms with Gasteiger partial charge < -0.3 is 10.6 Å². The molecule has 0 saturated carbocycles. The van der Waals surface area contributed by atoms with E-state index in [-0.39, 0.29) is 11.5 Å². The number of hydrogen-bond acceptors (Lipinski definition) is 3. The molecule has 17 heavy (non-hydrogen) atoms. The van der Waals surface area contributed by atoms with Gasteiger partial charge in [-0.25, -0.2) is 4.39 Å². The van der Waals surface area contributed by atoms with Crippen LogP contribution in [0.25, 0.3) is 0 Å². The van der Waals surface area contributed by atoms with E-state index in [4.69, 9.17) is 5.73 Å². The van der Waals surface area contributed by atoms with Gasteiger partial charge in [-0.05, 0) is 44.3 Å². The average molecular weight is 237 g/mol. The summed E-state index contributed by atoms with van der Waals surface area (Å²) in [6.07, 6.45) is 1.17. The van der Waals surface area contributed by atoms with Crippen LogP contribution in [0.2, 0.25) is 0 Å². The topological polar surface area (TPSA) is 32.5 Å². The molecule has 1 saturated heterocycles. The van der Waals surface area contributed by atoms with Crippen LogP contribution in [-0.4, -0.2) is 43.0 Å². The lowest BCUT2D eigenvalue weighted by atomic mass is 10.2. The van der Waals surface area contributed by atoms with Crippen molar-refractivity contribution in [2.24, 2.45) is 0 Å². The van der Waals surface area contributed by atoms with Crippen molar-refractivity contribution in [2.75, 3.05) is 39.0 Å². The molecule has 1 aliphatic heterocycles. The Bertz CT molecular complexity index is 381. The van der Waals surface area contributed by atoms with E-state index in [1.807, 2.05) is 6.07 Å².